The molecule has 0 saturated heterocycles. The van der Waals surface area contributed by atoms with Gasteiger partial charge in [0, 0.05) is 6.54 Å². The van der Waals surface area contributed by atoms with Crippen molar-refractivity contribution < 1.29 is 4.79 Å². The average Bonchev–Trinajstić information content (AvgIpc) is 2.28. The van der Waals surface area contributed by atoms with Crippen LogP contribution in [-0.4, -0.2) is 31.4 Å². The van der Waals surface area contributed by atoms with Gasteiger partial charge in [-0.1, -0.05) is 36.4 Å². The molecule has 0 saturated carbocycles. The Kier molecular flexibility index (Phi) is 4.91. The number of nitrogens with zero attached hydrogens (tertiary/aromatic N) is 1. The maximum Gasteiger partial charge on any atom is 0.243 e. The zero-order valence-electron chi connectivity index (χ0n) is 10.7. The molecule has 1 rings (SSSR count). The van der Waals surface area contributed by atoms with Gasteiger partial charge in [-0.25, -0.2) is 0 Å². The van der Waals surface area contributed by atoms with Crippen molar-refractivity contribution >= 4 is 5.91 Å². The predicted octanol–water partition coefficient (Wildman–Crippen LogP) is 1.90. The molecule has 3 heteroatoms. The Morgan fingerprint density at radius 1 is 1.41 bits per heavy atom. The standard InChI is InChI=1S/C14H20N2O/c1-5-14(17)15-13(10-16(3)4)12-8-6-11(2)7-9-12/h5-9,13H,1,10H2,2-4H3,(H,15,17). The Balaban J connectivity index is 2.84. The zero-order valence-corrected chi connectivity index (χ0v) is 10.7. The second-order valence-electron chi connectivity index (χ2n) is 4.44. The maximum absolute atomic E-state index is 11.4. The van der Waals surface area contributed by atoms with E-state index in [1.54, 1.807) is 0 Å². The van der Waals surface area contributed by atoms with Crippen molar-refractivity contribution in [3.05, 3.63) is 48.0 Å². The Labute approximate surface area is 103 Å². The smallest absolute Gasteiger partial charge is 0.243 e. The van der Waals surface area contributed by atoms with Gasteiger partial charge in [0.1, 0.15) is 0 Å². The van der Waals surface area contributed by atoms with E-state index in [1.165, 1.54) is 11.6 Å². The van der Waals surface area contributed by atoms with Crippen LogP contribution >= 0.6 is 0 Å². The fourth-order valence-electron chi connectivity index (χ4n) is 1.63. The van der Waals surface area contributed by atoms with E-state index in [0.29, 0.717) is 0 Å². The topological polar surface area (TPSA) is 32.3 Å². The van der Waals surface area contributed by atoms with Gasteiger partial charge in [-0.3, -0.25) is 4.79 Å². The highest BCUT2D eigenvalue weighted by Gasteiger charge is 2.13. The molecule has 17 heavy (non-hydrogen) atoms. The van der Waals surface area contributed by atoms with Crippen molar-refractivity contribution in [3.63, 3.8) is 0 Å². The molecule has 0 heterocycles. The first kappa shape index (κ1) is 13.5. The third-order valence-electron chi connectivity index (χ3n) is 2.53. The van der Waals surface area contributed by atoms with Crippen LogP contribution < -0.4 is 5.32 Å². The van der Waals surface area contributed by atoms with Crippen molar-refractivity contribution in [3.8, 4) is 0 Å². The summed E-state index contributed by atoms with van der Waals surface area (Å²) >= 11 is 0. The van der Waals surface area contributed by atoms with Crippen LogP contribution in [-0.2, 0) is 4.79 Å². The van der Waals surface area contributed by atoms with Crippen LogP contribution in [0, 0.1) is 6.92 Å². The molecule has 1 unspecified atom stereocenters. The third-order valence-corrected chi connectivity index (χ3v) is 2.53. The van der Waals surface area contributed by atoms with Gasteiger partial charge < -0.3 is 10.2 Å². The molecule has 0 aromatic heterocycles. The molecule has 3 nitrogen and oxygen atoms in total. The summed E-state index contributed by atoms with van der Waals surface area (Å²) in [5.41, 5.74) is 2.33. The molecule has 0 aliphatic heterocycles. The first-order valence-corrected chi connectivity index (χ1v) is 5.67. The van der Waals surface area contributed by atoms with Crippen LogP contribution in [0.5, 0.6) is 0 Å². The van der Waals surface area contributed by atoms with Gasteiger partial charge in [0.25, 0.3) is 0 Å². The Bertz CT molecular complexity index is 382. The van der Waals surface area contributed by atoms with E-state index in [9.17, 15) is 4.79 Å². The highest BCUT2D eigenvalue weighted by molar-refractivity contribution is 5.87. The van der Waals surface area contributed by atoms with E-state index in [0.717, 1.165) is 12.1 Å². The minimum absolute atomic E-state index is 0.00361. The SMILES string of the molecule is C=CC(=O)NC(CN(C)C)c1ccc(C)cc1. The Morgan fingerprint density at radius 2 is 2.00 bits per heavy atom. The van der Waals surface area contributed by atoms with Crippen molar-refractivity contribution in [2.45, 2.75) is 13.0 Å². The predicted molar refractivity (Wildman–Crippen MR) is 70.8 cm³/mol. The number of likely N-dealkylation sites (N-methyl/N-ethyl adjacent to an activating group) is 1. The van der Waals surface area contributed by atoms with Crippen molar-refractivity contribution in [2.24, 2.45) is 0 Å². The molecule has 0 radical (unpaired) electrons. The number of carbonyl (C=O) groups is 1. The molecule has 0 bridgehead atoms. The van der Waals surface area contributed by atoms with Gasteiger partial charge in [-0.2, -0.15) is 0 Å². The fraction of sp³-hybridized carbons (Fsp3) is 0.357. The summed E-state index contributed by atoms with van der Waals surface area (Å²) < 4.78 is 0. The van der Waals surface area contributed by atoms with E-state index in [4.69, 9.17) is 0 Å². The monoisotopic (exact) mass is 232 g/mol. The minimum Gasteiger partial charge on any atom is -0.344 e. The minimum atomic E-state index is -0.141. The van der Waals surface area contributed by atoms with Gasteiger partial charge >= 0.3 is 0 Å². The number of hydrogen-bond donors (Lipinski definition) is 1. The third kappa shape index (κ3) is 4.41. The number of rotatable bonds is 5. The van der Waals surface area contributed by atoms with Crippen LogP contribution in [0.25, 0.3) is 0 Å². The van der Waals surface area contributed by atoms with E-state index >= 15 is 0 Å². The average molecular weight is 232 g/mol. The van der Waals surface area contributed by atoms with E-state index in [-0.39, 0.29) is 11.9 Å². The second kappa shape index (κ2) is 6.21. The van der Waals surface area contributed by atoms with Gasteiger partial charge in [0.2, 0.25) is 5.91 Å². The number of nitrogens with one attached hydrogen (secondary N) is 1. The lowest BCUT2D eigenvalue weighted by Crippen LogP contribution is -2.34. The number of amides is 1. The normalized spacial score (nSPS) is 12.2. The van der Waals surface area contributed by atoms with E-state index in [1.807, 2.05) is 38.1 Å². The Hall–Kier alpha value is -1.61. The molecule has 0 fully saturated rings. The quantitative estimate of drug-likeness (QED) is 0.786. The molecule has 1 aromatic rings. The van der Waals surface area contributed by atoms with Crippen LogP contribution in [0.4, 0.5) is 0 Å². The lowest BCUT2D eigenvalue weighted by Gasteiger charge is -2.22. The molecule has 0 spiro atoms. The van der Waals surface area contributed by atoms with Crippen LogP contribution in [0.1, 0.15) is 17.2 Å². The molecule has 0 aliphatic carbocycles. The van der Waals surface area contributed by atoms with E-state index < -0.39 is 0 Å². The molecular weight excluding hydrogens is 212 g/mol. The molecule has 1 atom stereocenters. The van der Waals surface area contributed by atoms with Gasteiger partial charge in [-0.05, 0) is 32.7 Å². The number of hydrogen-bond acceptors (Lipinski definition) is 2. The summed E-state index contributed by atoms with van der Waals surface area (Å²) in [6.07, 6.45) is 1.30. The molecular formula is C14H20N2O. The van der Waals surface area contributed by atoms with Gasteiger partial charge in [0.15, 0.2) is 0 Å². The van der Waals surface area contributed by atoms with Crippen molar-refractivity contribution in [2.75, 3.05) is 20.6 Å². The summed E-state index contributed by atoms with van der Waals surface area (Å²) in [6, 6.07) is 8.20. The van der Waals surface area contributed by atoms with Crippen LogP contribution in [0.2, 0.25) is 0 Å². The van der Waals surface area contributed by atoms with Crippen molar-refractivity contribution in [1.82, 2.24) is 10.2 Å². The number of aryl methyl sites for hydroxylation is 1. The summed E-state index contributed by atoms with van der Waals surface area (Å²) in [6.45, 7) is 6.29. The van der Waals surface area contributed by atoms with Gasteiger partial charge in [0.05, 0.1) is 6.04 Å². The fourth-order valence-corrected chi connectivity index (χ4v) is 1.63. The molecule has 1 aromatic carbocycles. The molecule has 1 N–H and O–H groups in total. The lowest BCUT2D eigenvalue weighted by molar-refractivity contribution is -0.117. The number of carbonyl (C=O) groups excluding carboxylic acids is 1. The van der Waals surface area contributed by atoms with Crippen molar-refractivity contribution in [1.29, 1.82) is 0 Å². The van der Waals surface area contributed by atoms with Crippen LogP contribution in [0.15, 0.2) is 36.9 Å². The second-order valence-corrected chi connectivity index (χ2v) is 4.44. The summed E-state index contributed by atoms with van der Waals surface area (Å²) in [5, 5.41) is 2.94. The Morgan fingerprint density at radius 3 is 2.47 bits per heavy atom. The first-order valence-electron chi connectivity index (χ1n) is 5.67. The summed E-state index contributed by atoms with van der Waals surface area (Å²) in [5.74, 6) is -0.141. The highest BCUT2D eigenvalue weighted by atomic mass is 16.1. The number of benzene rings is 1. The first-order chi connectivity index (χ1) is 8.02. The largest absolute Gasteiger partial charge is 0.344 e. The van der Waals surface area contributed by atoms with E-state index in [2.05, 4.69) is 24.0 Å². The van der Waals surface area contributed by atoms with Gasteiger partial charge in [-0.15, -0.1) is 0 Å². The molecule has 92 valence electrons. The summed E-state index contributed by atoms with van der Waals surface area (Å²) in [7, 11) is 3.97. The zero-order chi connectivity index (χ0) is 12.8. The molecule has 0 aliphatic rings. The van der Waals surface area contributed by atoms with Crippen LogP contribution in [0.3, 0.4) is 0 Å². The lowest BCUT2D eigenvalue weighted by atomic mass is 10.0. The maximum atomic E-state index is 11.4. The summed E-state index contributed by atoms with van der Waals surface area (Å²) in [4.78, 5) is 13.4. The highest BCUT2D eigenvalue weighted by Crippen LogP contribution is 2.14. The molecule has 1 amide bonds.